The van der Waals surface area contributed by atoms with E-state index in [1.807, 2.05) is 0 Å². The number of aryl methyl sites for hydroxylation is 1. The van der Waals surface area contributed by atoms with Gasteiger partial charge in [-0.1, -0.05) is 6.42 Å². The molecule has 0 atom stereocenters. The summed E-state index contributed by atoms with van der Waals surface area (Å²) in [5, 5.41) is 3.30. The fraction of sp³-hybridized carbons (Fsp3) is 0.500. The summed E-state index contributed by atoms with van der Waals surface area (Å²) in [4.78, 5) is 22.7. The number of esters is 1. The van der Waals surface area contributed by atoms with E-state index in [2.05, 4.69) is 20.9 Å². The summed E-state index contributed by atoms with van der Waals surface area (Å²) in [6.07, 6.45) is 4.43. The Morgan fingerprint density at radius 2 is 2.05 bits per heavy atom. The second-order valence-electron chi connectivity index (χ2n) is 4.61. The van der Waals surface area contributed by atoms with Gasteiger partial charge in [-0.3, -0.25) is 20.4 Å². The third-order valence-corrected chi connectivity index (χ3v) is 3.21. The van der Waals surface area contributed by atoms with Crippen LogP contribution in [0.4, 0.5) is 0 Å². The Kier molecular flexibility index (Phi) is 7.98. The Morgan fingerprint density at radius 1 is 1.27 bits per heavy atom. The lowest BCUT2D eigenvalue weighted by Crippen LogP contribution is -2.47. The number of unbranched alkanes of at least 4 members (excludes halogenated alkanes) is 2. The summed E-state index contributed by atoms with van der Waals surface area (Å²) in [5.74, 6) is 0.0414. The first-order valence-electron chi connectivity index (χ1n) is 6.99. The zero-order valence-electron chi connectivity index (χ0n) is 12.7. The number of carbonyl (C=O) groups is 2. The number of thiocarbonyl (C=S) groups is 1. The monoisotopic (exact) mass is 327 g/mol. The molecule has 7 nitrogen and oxygen atoms in total. The first-order chi connectivity index (χ1) is 10.5. The number of methoxy groups -OCH3 is 1. The Labute approximate surface area is 134 Å². The first kappa shape index (κ1) is 18.0. The largest absolute Gasteiger partial charge is 0.469 e. The number of nitrogens with one attached hydrogen (secondary N) is 3. The van der Waals surface area contributed by atoms with Gasteiger partial charge in [-0.25, -0.2) is 0 Å². The zero-order chi connectivity index (χ0) is 16.4. The van der Waals surface area contributed by atoms with Crippen LogP contribution < -0.4 is 16.2 Å². The van der Waals surface area contributed by atoms with E-state index in [4.69, 9.17) is 16.6 Å². The molecular formula is C14H21N3O4S. The summed E-state index contributed by atoms with van der Waals surface area (Å²) >= 11 is 5.04. The van der Waals surface area contributed by atoms with Gasteiger partial charge < -0.3 is 14.5 Å². The minimum atomic E-state index is -0.312. The van der Waals surface area contributed by atoms with Crippen LogP contribution in [-0.2, 0) is 9.53 Å². The van der Waals surface area contributed by atoms with Gasteiger partial charge in [-0.05, 0) is 38.0 Å². The van der Waals surface area contributed by atoms with Gasteiger partial charge in [-0.2, -0.15) is 0 Å². The van der Waals surface area contributed by atoms with Gasteiger partial charge in [0.05, 0.1) is 18.9 Å². The number of hydrazine groups is 1. The van der Waals surface area contributed by atoms with Crippen molar-refractivity contribution in [2.75, 3.05) is 13.7 Å². The minimum absolute atomic E-state index is 0.192. The lowest BCUT2D eigenvalue weighted by Gasteiger charge is -2.11. The van der Waals surface area contributed by atoms with Crippen molar-refractivity contribution in [3.63, 3.8) is 0 Å². The van der Waals surface area contributed by atoms with E-state index in [9.17, 15) is 9.59 Å². The number of furan rings is 1. The van der Waals surface area contributed by atoms with Crippen LogP contribution in [-0.4, -0.2) is 30.6 Å². The van der Waals surface area contributed by atoms with Crippen LogP contribution in [0.25, 0.3) is 0 Å². The highest BCUT2D eigenvalue weighted by molar-refractivity contribution is 7.80. The Morgan fingerprint density at radius 3 is 2.68 bits per heavy atom. The van der Waals surface area contributed by atoms with E-state index in [0.717, 1.165) is 19.3 Å². The number of amides is 1. The molecule has 0 aliphatic rings. The van der Waals surface area contributed by atoms with Crippen molar-refractivity contribution < 1.29 is 18.7 Å². The molecule has 0 aliphatic carbocycles. The van der Waals surface area contributed by atoms with Crippen molar-refractivity contribution in [1.82, 2.24) is 16.2 Å². The highest BCUT2D eigenvalue weighted by atomic mass is 32.1. The molecule has 122 valence electrons. The number of carbonyl (C=O) groups excluding carboxylic acids is 2. The molecule has 1 amide bonds. The standard InChI is InChI=1S/C14H21N3O4S/c1-10-11(7-9-21-10)13(19)16-17-14(22)15-8-5-3-4-6-12(18)20-2/h7,9H,3-6,8H2,1-2H3,(H,16,19)(H2,15,17,22). The molecule has 1 aromatic heterocycles. The molecule has 0 unspecified atom stereocenters. The molecule has 0 aliphatic heterocycles. The average Bonchev–Trinajstić information content (AvgIpc) is 2.94. The Balaban J connectivity index is 2.08. The van der Waals surface area contributed by atoms with Crippen LogP contribution in [0.3, 0.4) is 0 Å². The molecule has 0 aromatic carbocycles. The maximum atomic E-state index is 11.8. The Hall–Kier alpha value is -2.09. The fourth-order valence-electron chi connectivity index (χ4n) is 1.72. The molecule has 0 bridgehead atoms. The van der Waals surface area contributed by atoms with Gasteiger partial charge in [0.15, 0.2) is 5.11 Å². The van der Waals surface area contributed by atoms with Gasteiger partial charge in [0.25, 0.3) is 5.91 Å². The molecule has 22 heavy (non-hydrogen) atoms. The summed E-state index contributed by atoms with van der Waals surface area (Å²) in [6.45, 7) is 2.37. The van der Waals surface area contributed by atoms with Gasteiger partial charge in [0.1, 0.15) is 5.76 Å². The number of rotatable bonds is 7. The lowest BCUT2D eigenvalue weighted by molar-refractivity contribution is -0.140. The molecule has 0 saturated heterocycles. The molecule has 1 rings (SSSR count). The fourth-order valence-corrected chi connectivity index (χ4v) is 1.87. The first-order valence-corrected chi connectivity index (χ1v) is 7.40. The molecule has 0 fully saturated rings. The third kappa shape index (κ3) is 6.57. The van der Waals surface area contributed by atoms with E-state index < -0.39 is 0 Å². The predicted octanol–water partition coefficient (Wildman–Crippen LogP) is 1.43. The lowest BCUT2D eigenvalue weighted by atomic mass is 10.2. The smallest absolute Gasteiger partial charge is 0.305 e. The van der Waals surface area contributed by atoms with Gasteiger partial charge in [0, 0.05) is 13.0 Å². The molecule has 0 radical (unpaired) electrons. The summed E-state index contributed by atoms with van der Waals surface area (Å²) in [6, 6.07) is 1.59. The van der Waals surface area contributed by atoms with E-state index in [-0.39, 0.29) is 11.9 Å². The van der Waals surface area contributed by atoms with Crippen LogP contribution in [0.2, 0.25) is 0 Å². The SMILES string of the molecule is COC(=O)CCCCCNC(=S)NNC(=O)c1ccoc1C. The molecule has 1 heterocycles. The van der Waals surface area contributed by atoms with Crippen molar-refractivity contribution in [3.05, 3.63) is 23.7 Å². The molecular weight excluding hydrogens is 306 g/mol. The van der Waals surface area contributed by atoms with Crippen LogP contribution in [0, 0.1) is 6.92 Å². The molecule has 0 saturated carbocycles. The maximum absolute atomic E-state index is 11.8. The van der Waals surface area contributed by atoms with Gasteiger partial charge in [-0.15, -0.1) is 0 Å². The van der Waals surface area contributed by atoms with E-state index in [1.165, 1.54) is 13.4 Å². The number of ether oxygens (including phenoxy) is 1. The third-order valence-electron chi connectivity index (χ3n) is 2.96. The number of hydrogen-bond acceptors (Lipinski definition) is 5. The topological polar surface area (TPSA) is 92.6 Å². The zero-order valence-corrected chi connectivity index (χ0v) is 13.5. The van der Waals surface area contributed by atoms with Crippen molar-refractivity contribution in [1.29, 1.82) is 0 Å². The van der Waals surface area contributed by atoms with E-state index in [0.29, 0.717) is 29.4 Å². The van der Waals surface area contributed by atoms with Crippen molar-refractivity contribution in [2.24, 2.45) is 0 Å². The molecule has 1 aromatic rings. The maximum Gasteiger partial charge on any atom is 0.305 e. The van der Waals surface area contributed by atoms with Crippen LogP contribution in [0.1, 0.15) is 41.8 Å². The van der Waals surface area contributed by atoms with Gasteiger partial charge >= 0.3 is 5.97 Å². The van der Waals surface area contributed by atoms with Crippen molar-refractivity contribution in [3.8, 4) is 0 Å². The predicted molar refractivity (Wildman–Crippen MR) is 85.1 cm³/mol. The highest BCUT2D eigenvalue weighted by Crippen LogP contribution is 2.07. The number of hydrogen-bond donors (Lipinski definition) is 3. The average molecular weight is 327 g/mol. The molecule has 8 heteroatoms. The minimum Gasteiger partial charge on any atom is -0.469 e. The second-order valence-corrected chi connectivity index (χ2v) is 5.02. The van der Waals surface area contributed by atoms with Crippen LogP contribution >= 0.6 is 12.2 Å². The summed E-state index contributed by atoms with van der Waals surface area (Å²) in [5.41, 5.74) is 5.56. The molecule has 3 N–H and O–H groups in total. The summed E-state index contributed by atoms with van der Waals surface area (Å²) in [7, 11) is 1.38. The second kappa shape index (κ2) is 9.78. The van der Waals surface area contributed by atoms with Crippen molar-refractivity contribution >= 4 is 29.2 Å². The van der Waals surface area contributed by atoms with E-state index >= 15 is 0 Å². The summed E-state index contributed by atoms with van der Waals surface area (Å²) < 4.78 is 9.61. The van der Waals surface area contributed by atoms with Crippen LogP contribution in [0.5, 0.6) is 0 Å². The van der Waals surface area contributed by atoms with E-state index in [1.54, 1.807) is 13.0 Å². The highest BCUT2D eigenvalue weighted by Gasteiger charge is 2.10. The van der Waals surface area contributed by atoms with Crippen LogP contribution in [0.15, 0.2) is 16.7 Å². The Bertz CT molecular complexity index is 516. The molecule has 0 spiro atoms. The van der Waals surface area contributed by atoms with Gasteiger partial charge in [0.2, 0.25) is 0 Å². The normalized spacial score (nSPS) is 9.91. The quantitative estimate of drug-likeness (QED) is 0.302. The van der Waals surface area contributed by atoms with Crippen molar-refractivity contribution in [2.45, 2.75) is 32.6 Å².